The molecule has 10 aromatic carbocycles. The number of benzene rings is 10. The average molecular weight is 781 g/mol. The fourth-order valence-electron chi connectivity index (χ4n) is 9.76. The van der Waals surface area contributed by atoms with Gasteiger partial charge >= 0.3 is 0 Å². The molecule has 0 saturated carbocycles. The summed E-state index contributed by atoms with van der Waals surface area (Å²) in [5, 5.41) is 5.03. The first-order valence-electron chi connectivity index (χ1n) is 21.2. The number of rotatable bonds is 8. The number of hydrogen-bond donors (Lipinski definition) is 0. The standard InChI is InChI=1S/C59H44N2/c1-59(2)55-29-17-16-24-49(55)50-39-32-42(40-56(50)59)58-53-27-14-12-25-51(53)57(52-26-13-15-28-54(52)58)41-30-33-46(34-31-41)61(45-22-10-5-11-23-45)48-37-35-47(36-38-48)60(43-18-6-3-7-19-43)44-20-8-4-9-21-44/h3-40H,1-2H3. The third-order valence-electron chi connectivity index (χ3n) is 12.6. The molecule has 61 heavy (non-hydrogen) atoms. The van der Waals surface area contributed by atoms with Gasteiger partial charge in [0, 0.05) is 39.5 Å². The Bertz CT molecular complexity index is 3090. The Morgan fingerprint density at radius 1 is 0.279 bits per heavy atom. The van der Waals surface area contributed by atoms with Crippen molar-refractivity contribution in [2.24, 2.45) is 0 Å². The van der Waals surface area contributed by atoms with Crippen LogP contribution in [0.1, 0.15) is 25.0 Å². The number of para-hydroxylation sites is 3. The van der Waals surface area contributed by atoms with Crippen LogP contribution in [0.15, 0.2) is 231 Å². The number of nitrogens with zero attached hydrogens (tertiary/aromatic N) is 2. The Labute approximate surface area is 358 Å². The lowest BCUT2D eigenvalue weighted by Crippen LogP contribution is -2.14. The normalized spacial score (nSPS) is 12.6. The van der Waals surface area contributed by atoms with Crippen LogP contribution in [-0.2, 0) is 5.41 Å². The minimum Gasteiger partial charge on any atom is -0.311 e. The van der Waals surface area contributed by atoms with Crippen LogP contribution in [0.25, 0.3) is 54.9 Å². The van der Waals surface area contributed by atoms with E-state index < -0.39 is 0 Å². The molecule has 0 spiro atoms. The van der Waals surface area contributed by atoms with E-state index in [0.717, 1.165) is 34.1 Å². The third kappa shape index (κ3) is 6.19. The second kappa shape index (κ2) is 14.9. The summed E-state index contributed by atoms with van der Waals surface area (Å²) in [5.74, 6) is 0. The van der Waals surface area contributed by atoms with Crippen LogP contribution in [0.2, 0.25) is 0 Å². The van der Waals surface area contributed by atoms with Gasteiger partial charge in [-0.3, -0.25) is 0 Å². The number of anilines is 6. The summed E-state index contributed by atoms with van der Waals surface area (Å²) in [4.78, 5) is 4.64. The van der Waals surface area contributed by atoms with Crippen LogP contribution in [-0.4, -0.2) is 0 Å². The predicted molar refractivity (Wildman–Crippen MR) is 259 cm³/mol. The van der Waals surface area contributed by atoms with Gasteiger partial charge in [0.1, 0.15) is 0 Å². The fraction of sp³-hybridized carbons (Fsp3) is 0.0508. The minimum absolute atomic E-state index is 0.0738. The highest BCUT2D eigenvalue weighted by Crippen LogP contribution is 2.51. The Hall–Kier alpha value is -7.68. The van der Waals surface area contributed by atoms with Crippen molar-refractivity contribution in [3.05, 3.63) is 242 Å². The molecular weight excluding hydrogens is 737 g/mol. The van der Waals surface area contributed by atoms with Crippen molar-refractivity contribution in [2.45, 2.75) is 19.3 Å². The van der Waals surface area contributed by atoms with Crippen LogP contribution in [0, 0.1) is 0 Å². The lowest BCUT2D eigenvalue weighted by atomic mass is 9.80. The van der Waals surface area contributed by atoms with Crippen molar-refractivity contribution < 1.29 is 0 Å². The molecule has 0 aromatic heterocycles. The molecule has 0 radical (unpaired) electrons. The smallest absolute Gasteiger partial charge is 0.0463 e. The zero-order valence-electron chi connectivity index (χ0n) is 34.3. The van der Waals surface area contributed by atoms with Gasteiger partial charge in [-0.25, -0.2) is 0 Å². The van der Waals surface area contributed by atoms with E-state index >= 15 is 0 Å². The topological polar surface area (TPSA) is 6.48 Å². The first-order valence-corrected chi connectivity index (χ1v) is 21.2. The summed E-state index contributed by atoms with van der Waals surface area (Å²) in [5.41, 5.74) is 17.0. The molecule has 0 amide bonds. The highest BCUT2D eigenvalue weighted by molar-refractivity contribution is 6.21. The van der Waals surface area contributed by atoms with Crippen molar-refractivity contribution in [2.75, 3.05) is 9.80 Å². The summed E-state index contributed by atoms with van der Waals surface area (Å²) in [6, 6.07) is 83.8. The summed E-state index contributed by atoms with van der Waals surface area (Å²) >= 11 is 0. The maximum Gasteiger partial charge on any atom is 0.0463 e. The molecule has 0 atom stereocenters. The van der Waals surface area contributed by atoms with E-state index in [4.69, 9.17) is 0 Å². The highest BCUT2D eigenvalue weighted by Gasteiger charge is 2.35. The average Bonchev–Trinajstić information content (AvgIpc) is 3.55. The van der Waals surface area contributed by atoms with Crippen molar-refractivity contribution >= 4 is 55.7 Å². The van der Waals surface area contributed by atoms with Gasteiger partial charge < -0.3 is 9.80 Å². The summed E-state index contributed by atoms with van der Waals surface area (Å²) < 4.78 is 0. The molecule has 2 nitrogen and oxygen atoms in total. The van der Waals surface area contributed by atoms with Crippen molar-refractivity contribution in [3.63, 3.8) is 0 Å². The molecule has 0 aliphatic heterocycles. The molecule has 0 N–H and O–H groups in total. The number of hydrogen-bond acceptors (Lipinski definition) is 2. The second-order valence-electron chi connectivity index (χ2n) is 16.5. The summed E-state index contributed by atoms with van der Waals surface area (Å²) in [7, 11) is 0. The van der Waals surface area contributed by atoms with E-state index in [1.54, 1.807) is 0 Å². The molecule has 0 saturated heterocycles. The molecule has 0 unspecified atom stereocenters. The number of fused-ring (bicyclic) bond motifs is 5. The zero-order valence-corrected chi connectivity index (χ0v) is 34.3. The van der Waals surface area contributed by atoms with Gasteiger partial charge in [0.05, 0.1) is 0 Å². The van der Waals surface area contributed by atoms with E-state index in [1.807, 2.05) is 0 Å². The van der Waals surface area contributed by atoms with Crippen LogP contribution >= 0.6 is 0 Å². The van der Waals surface area contributed by atoms with Crippen molar-refractivity contribution in [1.82, 2.24) is 0 Å². The quantitative estimate of drug-likeness (QED) is 0.142. The fourth-order valence-corrected chi connectivity index (χ4v) is 9.76. The van der Waals surface area contributed by atoms with Gasteiger partial charge in [0.15, 0.2) is 0 Å². The first kappa shape index (κ1) is 36.4. The Morgan fingerprint density at radius 3 is 1.07 bits per heavy atom. The lowest BCUT2D eigenvalue weighted by molar-refractivity contribution is 0.660. The van der Waals surface area contributed by atoms with Gasteiger partial charge in [0.2, 0.25) is 0 Å². The van der Waals surface area contributed by atoms with E-state index in [-0.39, 0.29) is 5.41 Å². The van der Waals surface area contributed by atoms with E-state index in [0.29, 0.717) is 0 Å². The van der Waals surface area contributed by atoms with Crippen molar-refractivity contribution in [1.29, 1.82) is 0 Å². The minimum atomic E-state index is -0.0738. The van der Waals surface area contributed by atoms with Crippen LogP contribution in [0.5, 0.6) is 0 Å². The van der Waals surface area contributed by atoms with Crippen LogP contribution < -0.4 is 9.80 Å². The lowest BCUT2D eigenvalue weighted by Gasteiger charge is -2.28. The predicted octanol–water partition coefficient (Wildman–Crippen LogP) is 16.6. The van der Waals surface area contributed by atoms with E-state index in [1.165, 1.54) is 66.1 Å². The zero-order chi connectivity index (χ0) is 40.9. The highest BCUT2D eigenvalue weighted by atomic mass is 15.2. The Balaban J connectivity index is 1.01. The molecule has 0 bridgehead atoms. The molecule has 11 rings (SSSR count). The maximum atomic E-state index is 2.46. The summed E-state index contributed by atoms with van der Waals surface area (Å²) in [6.07, 6.45) is 0. The molecule has 10 aromatic rings. The molecule has 1 aliphatic rings. The van der Waals surface area contributed by atoms with Crippen LogP contribution in [0.3, 0.4) is 0 Å². The van der Waals surface area contributed by atoms with Gasteiger partial charge in [-0.1, -0.05) is 166 Å². The monoisotopic (exact) mass is 780 g/mol. The van der Waals surface area contributed by atoms with Crippen LogP contribution in [0.4, 0.5) is 34.1 Å². The first-order chi connectivity index (χ1) is 30.0. The molecule has 2 heteroatoms. The third-order valence-corrected chi connectivity index (χ3v) is 12.6. The van der Waals surface area contributed by atoms with Gasteiger partial charge in [-0.15, -0.1) is 0 Å². The SMILES string of the molecule is CC1(C)c2ccccc2-c2ccc(-c3c4ccccc4c(-c4ccc(N(c5ccccc5)c5ccc(N(c6ccccc6)c6ccccc6)cc5)cc4)c4ccccc34)cc21. The van der Waals surface area contributed by atoms with Gasteiger partial charge in [-0.2, -0.15) is 0 Å². The molecule has 0 fully saturated rings. The second-order valence-corrected chi connectivity index (χ2v) is 16.5. The van der Waals surface area contributed by atoms with E-state index in [9.17, 15) is 0 Å². The molecular formula is C59H44N2. The van der Waals surface area contributed by atoms with Gasteiger partial charge in [0.25, 0.3) is 0 Å². The van der Waals surface area contributed by atoms with Gasteiger partial charge in [-0.05, 0) is 145 Å². The van der Waals surface area contributed by atoms with Crippen molar-refractivity contribution in [3.8, 4) is 33.4 Å². The molecule has 0 heterocycles. The summed E-state index contributed by atoms with van der Waals surface area (Å²) in [6.45, 7) is 4.73. The Kier molecular flexibility index (Phi) is 8.86. The Morgan fingerprint density at radius 2 is 0.607 bits per heavy atom. The maximum absolute atomic E-state index is 2.46. The molecule has 290 valence electrons. The van der Waals surface area contributed by atoms with E-state index in [2.05, 4.69) is 254 Å². The molecule has 1 aliphatic carbocycles. The largest absolute Gasteiger partial charge is 0.311 e.